The molecule has 0 aliphatic rings. The standard InChI is InChI=1S/C10H18N2O2S2/c1-7(2)14-8-11-12-9(16-8)15-6-5-10(3,4)13/h7,13H,5-6H2,1-4H3. The van der Waals surface area contributed by atoms with Crippen LogP contribution in [0, 0.1) is 0 Å². The molecule has 0 spiro atoms. The first kappa shape index (κ1) is 13.7. The van der Waals surface area contributed by atoms with Crippen LogP contribution in [0.5, 0.6) is 5.19 Å². The van der Waals surface area contributed by atoms with E-state index in [4.69, 9.17) is 4.74 Å². The summed E-state index contributed by atoms with van der Waals surface area (Å²) in [7, 11) is 0. The Balaban J connectivity index is 2.35. The highest BCUT2D eigenvalue weighted by molar-refractivity contribution is 8.01. The highest BCUT2D eigenvalue weighted by Crippen LogP contribution is 2.28. The summed E-state index contributed by atoms with van der Waals surface area (Å²) in [5.74, 6) is 0.833. The van der Waals surface area contributed by atoms with Crippen molar-refractivity contribution in [3.63, 3.8) is 0 Å². The smallest absolute Gasteiger partial charge is 0.295 e. The topological polar surface area (TPSA) is 55.2 Å². The third-order valence-corrected chi connectivity index (χ3v) is 3.61. The average molecular weight is 262 g/mol. The third kappa shape index (κ3) is 5.67. The minimum Gasteiger partial charge on any atom is -0.466 e. The number of hydrogen-bond donors (Lipinski definition) is 1. The summed E-state index contributed by atoms with van der Waals surface area (Å²) >= 11 is 3.05. The molecule has 0 saturated carbocycles. The van der Waals surface area contributed by atoms with Crippen molar-refractivity contribution in [1.29, 1.82) is 0 Å². The Labute approximate surface area is 104 Å². The second-order valence-electron chi connectivity index (χ2n) is 4.41. The fourth-order valence-electron chi connectivity index (χ4n) is 0.893. The summed E-state index contributed by atoms with van der Waals surface area (Å²) in [6.45, 7) is 7.53. The van der Waals surface area contributed by atoms with E-state index in [0.717, 1.165) is 16.5 Å². The SMILES string of the molecule is CC(C)Oc1nnc(SCCC(C)(C)O)s1. The van der Waals surface area contributed by atoms with Crippen molar-refractivity contribution >= 4 is 23.1 Å². The van der Waals surface area contributed by atoms with Gasteiger partial charge in [-0.05, 0) is 45.5 Å². The van der Waals surface area contributed by atoms with Crippen molar-refractivity contribution in [2.24, 2.45) is 0 Å². The van der Waals surface area contributed by atoms with Gasteiger partial charge < -0.3 is 9.84 Å². The van der Waals surface area contributed by atoms with Gasteiger partial charge in [-0.15, -0.1) is 5.10 Å². The van der Waals surface area contributed by atoms with Crippen LogP contribution in [0.1, 0.15) is 34.1 Å². The second-order valence-corrected chi connectivity index (χ2v) is 6.69. The van der Waals surface area contributed by atoms with E-state index in [1.807, 2.05) is 13.8 Å². The maximum absolute atomic E-state index is 9.55. The van der Waals surface area contributed by atoms with Crippen LogP contribution in [0.2, 0.25) is 0 Å². The Morgan fingerprint density at radius 1 is 1.44 bits per heavy atom. The summed E-state index contributed by atoms with van der Waals surface area (Å²) in [4.78, 5) is 0. The van der Waals surface area contributed by atoms with Crippen LogP contribution in [0.3, 0.4) is 0 Å². The van der Waals surface area contributed by atoms with Gasteiger partial charge in [-0.3, -0.25) is 0 Å². The molecule has 0 fully saturated rings. The zero-order valence-electron chi connectivity index (χ0n) is 10.1. The van der Waals surface area contributed by atoms with Crippen LogP contribution in [0.25, 0.3) is 0 Å². The summed E-state index contributed by atoms with van der Waals surface area (Å²) in [5.41, 5.74) is -0.616. The fourth-order valence-corrected chi connectivity index (χ4v) is 3.02. The van der Waals surface area contributed by atoms with E-state index in [0.29, 0.717) is 5.19 Å². The maximum Gasteiger partial charge on any atom is 0.295 e. The first-order valence-electron chi connectivity index (χ1n) is 5.22. The lowest BCUT2D eigenvalue weighted by Gasteiger charge is -2.15. The zero-order chi connectivity index (χ0) is 12.2. The molecule has 0 amide bonds. The van der Waals surface area contributed by atoms with Crippen molar-refractivity contribution in [2.45, 2.75) is 50.2 Å². The van der Waals surface area contributed by atoms with E-state index in [2.05, 4.69) is 10.2 Å². The van der Waals surface area contributed by atoms with E-state index in [-0.39, 0.29) is 6.10 Å². The Morgan fingerprint density at radius 2 is 2.12 bits per heavy atom. The van der Waals surface area contributed by atoms with Gasteiger partial charge in [-0.1, -0.05) is 16.9 Å². The molecule has 0 saturated heterocycles. The number of nitrogens with zero attached hydrogens (tertiary/aromatic N) is 2. The Kier molecular flexibility index (Phi) is 5.01. The lowest BCUT2D eigenvalue weighted by molar-refractivity contribution is 0.0777. The molecule has 16 heavy (non-hydrogen) atoms. The predicted octanol–water partition coefficient (Wildman–Crippen LogP) is 2.58. The van der Waals surface area contributed by atoms with Crippen molar-refractivity contribution in [1.82, 2.24) is 10.2 Å². The van der Waals surface area contributed by atoms with Crippen molar-refractivity contribution < 1.29 is 9.84 Å². The van der Waals surface area contributed by atoms with Gasteiger partial charge in [0.2, 0.25) is 0 Å². The lowest BCUT2D eigenvalue weighted by atomic mass is 10.1. The van der Waals surface area contributed by atoms with Crippen LogP contribution in [0.4, 0.5) is 0 Å². The molecule has 1 rings (SSSR count). The van der Waals surface area contributed by atoms with Crippen LogP contribution in [-0.2, 0) is 0 Å². The molecule has 0 aromatic carbocycles. The van der Waals surface area contributed by atoms with Gasteiger partial charge >= 0.3 is 0 Å². The minimum atomic E-state index is -0.616. The lowest BCUT2D eigenvalue weighted by Crippen LogP contribution is -2.18. The maximum atomic E-state index is 9.55. The molecule has 0 atom stereocenters. The van der Waals surface area contributed by atoms with Gasteiger partial charge in [0.1, 0.15) is 0 Å². The van der Waals surface area contributed by atoms with Crippen LogP contribution in [-0.4, -0.2) is 32.8 Å². The second kappa shape index (κ2) is 5.84. The number of aromatic nitrogens is 2. The van der Waals surface area contributed by atoms with Gasteiger partial charge in [0.15, 0.2) is 4.34 Å². The Bertz CT molecular complexity index is 321. The molecule has 1 heterocycles. The van der Waals surface area contributed by atoms with Gasteiger partial charge in [-0.2, -0.15) is 0 Å². The molecule has 4 nitrogen and oxygen atoms in total. The zero-order valence-corrected chi connectivity index (χ0v) is 11.7. The fraction of sp³-hybridized carbons (Fsp3) is 0.800. The van der Waals surface area contributed by atoms with E-state index in [1.165, 1.54) is 11.3 Å². The van der Waals surface area contributed by atoms with Crippen molar-refractivity contribution in [2.75, 3.05) is 5.75 Å². The largest absolute Gasteiger partial charge is 0.466 e. The van der Waals surface area contributed by atoms with Crippen molar-refractivity contribution in [3.05, 3.63) is 0 Å². The number of aliphatic hydroxyl groups is 1. The van der Waals surface area contributed by atoms with Gasteiger partial charge in [0, 0.05) is 5.75 Å². The molecular weight excluding hydrogens is 244 g/mol. The summed E-state index contributed by atoms with van der Waals surface area (Å²) < 4.78 is 6.31. The Morgan fingerprint density at radius 3 is 2.69 bits per heavy atom. The molecule has 0 aliphatic carbocycles. The molecule has 0 radical (unpaired) electrons. The van der Waals surface area contributed by atoms with Gasteiger partial charge in [0.05, 0.1) is 11.7 Å². The summed E-state index contributed by atoms with van der Waals surface area (Å²) in [6, 6.07) is 0. The molecule has 6 heteroatoms. The van der Waals surface area contributed by atoms with E-state index >= 15 is 0 Å². The minimum absolute atomic E-state index is 0.127. The number of rotatable bonds is 6. The number of thioether (sulfide) groups is 1. The van der Waals surface area contributed by atoms with Crippen LogP contribution in [0.15, 0.2) is 4.34 Å². The van der Waals surface area contributed by atoms with Crippen molar-refractivity contribution in [3.8, 4) is 5.19 Å². The molecular formula is C10H18N2O2S2. The molecule has 1 aromatic rings. The quantitative estimate of drug-likeness (QED) is 0.799. The number of ether oxygens (including phenoxy) is 1. The molecule has 0 aliphatic heterocycles. The molecule has 92 valence electrons. The number of hydrogen-bond acceptors (Lipinski definition) is 6. The monoisotopic (exact) mass is 262 g/mol. The molecule has 1 aromatic heterocycles. The van der Waals surface area contributed by atoms with Gasteiger partial charge in [0.25, 0.3) is 5.19 Å². The van der Waals surface area contributed by atoms with Crippen LogP contribution < -0.4 is 4.74 Å². The first-order chi connectivity index (χ1) is 7.37. The van der Waals surface area contributed by atoms with E-state index in [9.17, 15) is 5.11 Å². The Hall–Kier alpha value is -0.330. The average Bonchev–Trinajstić information content (AvgIpc) is 2.49. The summed E-state index contributed by atoms with van der Waals surface area (Å²) in [6.07, 6.45) is 0.861. The van der Waals surface area contributed by atoms with E-state index < -0.39 is 5.60 Å². The highest BCUT2D eigenvalue weighted by atomic mass is 32.2. The molecule has 1 N–H and O–H groups in total. The molecule has 0 bridgehead atoms. The first-order valence-corrected chi connectivity index (χ1v) is 7.02. The predicted molar refractivity (Wildman–Crippen MR) is 67.3 cm³/mol. The van der Waals surface area contributed by atoms with Gasteiger partial charge in [-0.25, -0.2) is 0 Å². The highest BCUT2D eigenvalue weighted by Gasteiger charge is 2.13. The molecule has 0 unspecified atom stereocenters. The normalized spacial score (nSPS) is 12.1. The van der Waals surface area contributed by atoms with Crippen LogP contribution >= 0.6 is 23.1 Å². The summed E-state index contributed by atoms with van der Waals surface area (Å²) in [5, 5.41) is 18.1. The van der Waals surface area contributed by atoms with E-state index in [1.54, 1.807) is 25.6 Å². The third-order valence-electron chi connectivity index (χ3n) is 1.66.